The summed E-state index contributed by atoms with van der Waals surface area (Å²) in [7, 11) is 1.43. The number of aromatic nitrogens is 1. The Bertz CT molecular complexity index is 391. The van der Waals surface area contributed by atoms with Gasteiger partial charge in [-0.05, 0) is 31.0 Å². The number of amides is 1. The topological polar surface area (TPSA) is 79.3 Å². The van der Waals surface area contributed by atoms with Crippen LogP contribution in [0.3, 0.4) is 0 Å². The van der Waals surface area contributed by atoms with Gasteiger partial charge in [0.15, 0.2) is 0 Å². The lowest BCUT2D eigenvalue weighted by atomic mass is 9.83. The van der Waals surface area contributed by atoms with E-state index in [0.717, 1.165) is 5.56 Å². The highest BCUT2D eigenvalue weighted by atomic mass is 16.4. The molecule has 0 fully saturated rings. The molecule has 86 valence electrons. The summed E-state index contributed by atoms with van der Waals surface area (Å²) in [4.78, 5) is 26.6. The van der Waals surface area contributed by atoms with Crippen LogP contribution < -0.4 is 5.32 Å². The molecule has 0 aliphatic rings. The van der Waals surface area contributed by atoms with Gasteiger partial charge in [-0.1, -0.05) is 0 Å². The molecule has 0 spiro atoms. The minimum atomic E-state index is -1.45. The molecule has 0 aliphatic heterocycles. The number of carboxylic acids is 1. The summed E-state index contributed by atoms with van der Waals surface area (Å²) >= 11 is 0. The highest BCUT2D eigenvalue weighted by Crippen LogP contribution is 2.23. The molecule has 1 unspecified atom stereocenters. The van der Waals surface area contributed by atoms with E-state index in [2.05, 4.69) is 10.3 Å². The van der Waals surface area contributed by atoms with Crippen LogP contribution >= 0.6 is 0 Å². The summed E-state index contributed by atoms with van der Waals surface area (Å²) in [6.07, 6.45) is 3.29. The Labute approximate surface area is 93.5 Å². The quantitative estimate of drug-likeness (QED) is 0.725. The number of nitrogens with one attached hydrogen (secondary N) is 1. The van der Waals surface area contributed by atoms with Crippen LogP contribution in [0.2, 0.25) is 0 Å². The number of pyridine rings is 1. The van der Waals surface area contributed by atoms with Crippen LogP contribution in [0.1, 0.15) is 12.5 Å². The Morgan fingerprint density at radius 3 is 2.44 bits per heavy atom. The Morgan fingerprint density at radius 1 is 1.44 bits per heavy atom. The molecule has 2 N–H and O–H groups in total. The van der Waals surface area contributed by atoms with Crippen molar-refractivity contribution in [3.63, 3.8) is 0 Å². The first kappa shape index (κ1) is 12.2. The van der Waals surface area contributed by atoms with Gasteiger partial charge in [0.1, 0.15) is 5.41 Å². The Morgan fingerprint density at radius 2 is 2.00 bits per heavy atom. The predicted molar refractivity (Wildman–Crippen MR) is 57.8 cm³/mol. The molecule has 1 aromatic heterocycles. The SMILES string of the molecule is CNC(=O)C(C)(Cc1ccncc1)C(=O)O. The third-order valence-corrected chi connectivity index (χ3v) is 2.51. The lowest BCUT2D eigenvalue weighted by Crippen LogP contribution is -2.44. The van der Waals surface area contributed by atoms with Crippen LogP contribution in [0, 0.1) is 5.41 Å². The number of carbonyl (C=O) groups is 2. The van der Waals surface area contributed by atoms with Gasteiger partial charge in [0.2, 0.25) is 5.91 Å². The highest BCUT2D eigenvalue weighted by Gasteiger charge is 2.40. The van der Waals surface area contributed by atoms with Gasteiger partial charge in [0.05, 0.1) is 0 Å². The lowest BCUT2D eigenvalue weighted by molar-refractivity contribution is -0.154. The Kier molecular flexibility index (Phi) is 3.60. The van der Waals surface area contributed by atoms with Crippen molar-refractivity contribution in [2.75, 3.05) is 7.05 Å². The van der Waals surface area contributed by atoms with Gasteiger partial charge in [0.25, 0.3) is 0 Å². The van der Waals surface area contributed by atoms with E-state index < -0.39 is 17.3 Å². The molecule has 1 rings (SSSR count). The van der Waals surface area contributed by atoms with E-state index in [-0.39, 0.29) is 6.42 Å². The van der Waals surface area contributed by atoms with E-state index in [0.29, 0.717) is 0 Å². The van der Waals surface area contributed by atoms with Gasteiger partial charge < -0.3 is 10.4 Å². The number of nitrogens with zero attached hydrogens (tertiary/aromatic N) is 1. The summed E-state index contributed by atoms with van der Waals surface area (Å²) in [5.74, 6) is -1.64. The summed E-state index contributed by atoms with van der Waals surface area (Å²) in [6.45, 7) is 1.41. The number of hydrogen-bond donors (Lipinski definition) is 2. The molecule has 0 saturated heterocycles. The monoisotopic (exact) mass is 222 g/mol. The van der Waals surface area contributed by atoms with E-state index >= 15 is 0 Å². The molecule has 1 amide bonds. The first-order valence-electron chi connectivity index (χ1n) is 4.85. The molecule has 0 aliphatic carbocycles. The Balaban J connectivity index is 2.97. The van der Waals surface area contributed by atoms with Crippen molar-refractivity contribution in [1.82, 2.24) is 10.3 Å². The van der Waals surface area contributed by atoms with Gasteiger partial charge in [-0.15, -0.1) is 0 Å². The number of aliphatic carboxylic acids is 1. The summed E-state index contributed by atoms with van der Waals surface area (Å²) in [5.41, 5.74) is -0.681. The van der Waals surface area contributed by atoms with Gasteiger partial charge in [-0.2, -0.15) is 0 Å². The second-order valence-corrected chi connectivity index (χ2v) is 3.75. The smallest absolute Gasteiger partial charge is 0.319 e. The van der Waals surface area contributed by atoms with Crippen LogP contribution in [0.5, 0.6) is 0 Å². The number of rotatable bonds is 4. The zero-order valence-corrected chi connectivity index (χ0v) is 9.23. The molecule has 16 heavy (non-hydrogen) atoms. The molecule has 0 aromatic carbocycles. The van der Waals surface area contributed by atoms with Gasteiger partial charge in [-0.25, -0.2) is 0 Å². The molecule has 1 aromatic rings. The first-order chi connectivity index (χ1) is 7.50. The number of carboxylic acid groups (broad SMARTS) is 1. The fraction of sp³-hybridized carbons (Fsp3) is 0.364. The van der Waals surface area contributed by atoms with E-state index in [4.69, 9.17) is 5.11 Å². The standard InChI is InChI=1S/C11H14N2O3/c1-11(10(15)16,9(14)12-2)7-8-3-5-13-6-4-8/h3-6H,7H2,1-2H3,(H,12,14)(H,15,16). The van der Waals surface area contributed by atoms with Crippen LogP contribution in [-0.2, 0) is 16.0 Å². The summed E-state index contributed by atoms with van der Waals surface area (Å²) < 4.78 is 0. The summed E-state index contributed by atoms with van der Waals surface area (Å²) in [6, 6.07) is 3.40. The molecular formula is C11H14N2O3. The van der Waals surface area contributed by atoms with E-state index in [1.54, 1.807) is 24.5 Å². The average Bonchev–Trinajstić information content (AvgIpc) is 2.28. The largest absolute Gasteiger partial charge is 0.480 e. The van der Waals surface area contributed by atoms with Crippen molar-refractivity contribution in [1.29, 1.82) is 0 Å². The second kappa shape index (κ2) is 4.74. The van der Waals surface area contributed by atoms with Crippen LogP contribution in [0.25, 0.3) is 0 Å². The molecule has 5 nitrogen and oxygen atoms in total. The fourth-order valence-corrected chi connectivity index (χ4v) is 1.44. The van der Waals surface area contributed by atoms with Crippen molar-refractivity contribution < 1.29 is 14.7 Å². The van der Waals surface area contributed by atoms with Crippen molar-refractivity contribution in [2.45, 2.75) is 13.3 Å². The molecule has 0 radical (unpaired) electrons. The van der Waals surface area contributed by atoms with Gasteiger partial charge >= 0.3 is 5.97 Å². The zero-order valence-electron chi connectivity index (χ0n) is 9.23. The maximum absolute atomic E-state index is 11.6. The highest BCUT2D eigenvalue weighted by molar-refractivity contribution is 6.01. The molecule has 5 heteroatoms. The average molecular weight is 222 g/mol. The van der Waals surface area contributed by atoms with Crippen molar-refractivity contribution in [3.8, 4) is 0 Å². The van der Waals surface area contributed by atoms with E-state index in [1.165, 1.54) is 14.0 Å². The molecule has 1 atom stereocenters. The van der Waals surface area contributed by atoms with Crippen LogP contribution in [-0.4, -0.2) is 29.0 Å². The molecular weight excluding hydrogens is 208 g/mol. The van der Waals surface area contributed by atoms with Crippen molar-refractivity contribution in [3.05, 3.63) is 30.1 Å². The first-order valence-corrected chi connectivity index (χ1v) is 4.85. The van der Waals surface area contributed by atoms with Crippen LogP contribution in [0.4, 0.5) is 0 Å². The lowest BCUT2D eigenvalue weighted by Gasteiger charge is -2.22. The van der Waals surface area contributed by atoms with E-state index in [9.17, 15) is 9.59 Å². The maximum Gasteiger partial charge on any atom is 0.319 e. The third-order valence-electron chi connectivity index (χ3n) is 2.51. The number of hydrogen-bond acceptors (Lipinski definition) is 3. The van der Waals surface area contributed by atoms with Crippen molar-refractivity contribution in [2.24, 2.45) is 5.41 Å². The molecule has 1 heterocycles. The van der Waals surface area contributed by atoms with Crippen LogP contribution in [0.15, 0.2) is 24.5 Å². The minimum Gasteiger partial charge on any atom is -0.480 e. The fourth-order valence-electron chi connectivity index (χ4n) is 1.44. The summed E-state index contributed by atoms with van der Waals surface area (Å²) in [5, 5.41) is 11.5. The zero-order chi connectivity index (χ0) is 12.2. The van der Waals surface area contributed by atoms with E-state index in [1.807, 2.05) is 0 Å². The molecule has 0 saturated carbocycles. The predicted octanol–water partition coefficient (Wildman–Crippen LogP) is 0.461. The van der Waals surface area contributed by atoms with Gasteiger partial charge in [0, 0.05) is 19.4 Å². The second-order valence-electron chi connectivity index (χ2n) is 3.75. The third kappa shape index (κ3) is 2.36. The number of carbonyl (C=O) groups excluding carboxylic acids is 1. The van der Waals surface area contributed by atoms with Gasteiger partial charge in [-0.3, -0.25) is 14.6 Å². The van der Waals surface area contributed by atoms with Crippen molar-refractivity contribution >= 4 is 11.9 Å². The molecule has 0 bridgehead atoms. The minimum absolute atomic E-state index is 0.143. The Hall–Kier alpha value is -1.91. The maximum atomic E-state index is 11.6. The normalized spacial score (nSPS) is 13.9.